The molecule has 2 aromatic heterocycles. The van der Waals surface area contributed by atoms with Crippen molar-refractivity contribution in [3.63, 3.8) is 0 Å². The minimum Gasteiger partial charge on any atom is -0.290 e. The van der Waals surface area contributed by atoms with Crippen LogP contribution in [0.1, 0.15) is 28.1 Å². The molecule has 3 heterocycles. The Morgan fingerprint density at radius 2 is 1.50 bits per heavy atom. The number of aromatic nitrogens is 3. The smallest absolute Gasteiger partial charge is 0.261 e. The number of halogens is 1. The topological polar surface area (TPSA) is 85.2 Å². The molecule has 172 valence electrons. The summed E-state index contributed by atoms with van der Waals surface area (Å²) in [4.78, 5) is 49.2. The third kappa shape index (κ3) is 3.89. The van der Waals surface area contributed by atoms with E-state index in [1.54, 1.807) is 60.8 Å². The lowest BCUT2D eigenvalue weighted by molar-refractivity contribution is 0.0649. The highest BCUT2D eigenvalue weighted by Crippen LogP contribution is 2.28. The van der Waals surface area contributed by atoms with Crippen LogP contribution in [-0.4, -0.2) is 44.0 Å². The van der Waals surface area contributed by atoms with Crippen LogP contribution in [0.3, 0.4) is 0 Å². The first kappa shape index (κ1) is 23.7. The van der Waals surface area contributed by atoms with Gasteiger partial charge in [0.1, 0.15) is 5.65 Å². The van der Waals surface area contributed by atoms with Crippen LogP contribution in [0.4, 0.5) is 0 Å². The molecule has 34 heavy (non-hydrogen) atoms. The van der Waals surface area contributed by atoms with Crippen LogP contribution in [0, 0.1) is 0 Å². The fourth-order valence-corrected chi connectivity index (χ4v) is 4.54. The zero-order valence-corrected chi connectivity index (χ0v) is 19.1. The fraction of sp³-hybridized carbons (Fsp3) is 0.160. The van der Waals surface area contributed by atoms with E-state index in [2.05, 4.69) is 9.97 Å². The molecular formula is C25H21ClN4O3S. The molecule has 0 bridgehead atoms. The van der Waals surface area contributed by atoms with Crippen molar-refractivity contribution in [3.8, 4) is 11.1 Å². The summed E-state index contributed by atoms with van der Waals surface area (Å²) in [5, 5.41) is 1.62. The van der Waals surface area contributed by atoms with Gasteiger partial charge >= 0.3 is 0 Å². The highest BCUT2D eigenvalue weighted by molar-refractivity contribution is 7.98. The first-order chi connectivity index (χ1) is 16.0. The predicted molar refractivity (Wildman–Crippen MR) is 135 cm³/mol. The summed E-state index contributed by atoms with van der Waals surface area (Å²) >= 11 is 7.73. The number of carbonyl (C=O) groups is 2. The second-order valence-corrected chi connectivity index (χ2v) is 8.62. The number of benzene rings is 2. The molecule has 0 unspecified atom stereocenters. The molecule has 0 aliphatic carbocycles. The summed E-state index contributed by atoms with van der Waals surface area (Å²) < 4.78 is 1.49. The fourth-order valence-electron chi connectivity index (χ4n) is 3.96. The van der Waals surface area contributed by atoms with Crippen molar-refractivity contribution in [2.75, 3.05) is 12.8 Å². The van der Waals surface area contributed by atoms with Crippen molar-refractivity contribution < 1.29 is 9.59 Å². The first-order valence-electron chi connectivity index (χ1n) is 10.1. The second-order valence-electron chi connectivity index (χ2n) is 7.44. The van der Waals surface area contributed by atoms with Gasteiger partial charge in [0, 0.05) is 40.8 Å². The van der Waals surface area contributed by atoms with E-state index in [4.69, 9.17) is 11.6 Å². The number of hydrogen-bond donors (Lipinski definition) is 0. The molecule has 1 aliphatic rings. The van der Waals surface area contributed by atoms with Gasteiger partial charge < -0.3 is 0 Å². The minimum absolute atomic E-state index is 0. The van der Waals surface area contributed by atoms with Gasteiger partial charge in [-0.05, 0) is 30.5 Å². The Labute approximate surface area is 205 Å². The van der Waals surface area contributed by atoms with Gasteiger partial charge in [0.2, 0.25) is 0 Å². The Hall–Kier alpha value is -3.49. The van der Waals surface area contributed by atoms with Crippen LogP contribution in [0.5, 0.6) is 0 Å². The molecule has 0 spiro atoms. The Balaban J connectivity index is 0.00000274. The maximum atomic E-state index is 13.6. The van der Waals surface area contributed by atoms with E-state index < -0.39 is 0 Å². The molecule has 2 aromatic carbocycles. The number of rotatable bonds is 5. The summed E-state index contributed by atoms with van der Waals surface area (Å²) in [6.45, 7) is 0.121. The SMILES string of the molecule is C.CSc1ncc2cc(-c3ccccc3Cl)c(=O)n(CCN3C(=O)c4ccccc4C3=O)c2n1. The Morgan fingerprint density at radius 3 is 2.12 bits per heavy atom. The van der Waals surface area contributed by atoms with Crippen LogP contribution in [0.15, 0.2) is 70.7 Å². The van der Waals surface area contributed by atoms with Gasteiger partial charge in [-0.2, -0.15) is 0 Å². The first-order valence-corrected chi connectivity index (χ1v) is 11.7. The lowest BCUT2D eigenvalue weighted by Crippen LogP contribution is -2.35. The third-order valence-corrected chi connectivity index (χ3v) is 6.47. The summed E-state index contributed by atoms with van der Waals surface area (Å²) in [6, 6.07) is 15.5. The van der Waals surface area contributed by atoms with E-state index in [0.717, 1.165) is 0 Å². The standard InChI is InChI=1S/C24H17ClN4O3S.CH4/c1-33-24-26-13-14-12-18(15-6-4-5-9-19(15)25)23(32)28(20(14)27-24)10-11-29-21(30)16-7-2-3-8-17(16)22(29)31;/h2-9,12-13H,10-11H2,1H3;1H4. The van der Waals surface area contributed by atoms with Gasteiger partial charge in [-0.25, -0.2) is 9.97 Å². The summed E-state index contributed by atoms with van der Waals surface area (Å²) in [5.41, 5.74) is 1.86. The quantitative estimate of drug-likeness (QED) is 0.227. The molecule has 7 nitrogen and oxygen atoms in total. The molecule has 0 N–H and O–H groups in total. The van der Waals surface area contributed by atoms with Crippen LogP contribution in [0.25, 0.3) is 22.2 Å². The number of pyridine rings is 1. The predicted octanol–water partition coefficient (Wildman–Crippen LogP) is 4.77. The Kier molecular flexibility index (Phi) is 6.54. The van der Waals surface area contributed by atoms with Gasteiger partial charge in [0.05, 0.1) is 11.1 Å². The van der Waals surface area contributed by atoms with E-state index in [-0.39, 0.29) is 37.9 Å². The van der Waals surface area contributed by atoms with Gasteiger partial charge in [0.25, 0.3) is 17.4 Å². The van der Waals surface area contributed by atoms with Crippen molar-refractivity contribution in [1.29, 1.82) is 0 Å². The summed E-state index contributed by atoms with van der Waals surface area (Å²) in [7, 11) is 0. The molecule has 9 heteroatoms. The molecule has 0 saturated carbocycles. The van der Waals surface area contributed by atoms with Crippen LogP contribution in [0.2, 0.25) is 5.02 Å². The number of imide groups is 1. The van der Waals surface area contributed by atoms with Crippen LogP contribution < -0.4 is 5.56 Å². The van der Waals surface area contributed by atoms with Crippen molar-refractivity contribution in [3.05, 3.63) is 87.3 Å². The number of fused-ring (bicyclic) bond motifs is 2. The van der Waals surface area contributed by atoms with E-state index in [0.29, 0.717) is 43.5 Å². The molecule has 0 radical (unpaired) electrons. The highest BCUT2D eigenvalue weighted by atomic mass is 35.5. The van der Waals surface area contributed by atoms with E-state index in [9.17, 15) is 14.4 Å². The van der Waals surface area contributed by atoms with Crippen molar-refractivity contribution in [2.24, 2.45) is 0 Å². The molecule has 5 rings (SSSR count). The molecule has 0 atom stereocenters. The van der Waals surface area contributed by atoms with Gasteiger partial charge in [-0.3, -0.25) is 23.9 Å². The van der Waals surface area contributed by atoms with E-state index in [1.165, 1.54) is 21.2 Å². The molecule has 4 aromatic rings. The Morgan fingerprint density at radius 1 is 0.882 bits per heavy atom. The molecule has 0 fully saturated rings. The number of carbonyl (C=O) groups excluding carboxylic acids is 2. The lowest BCUT2D eigenvalue weighted by atomic mass is 10.1. The number of hydrogen-bond acceptors (Lipinski definition) is 6. The lowest BCUT2D eigenvalue weighted by Gasteiger charge is -2.17. The molecule has 2 amide bonds. The zero-order chi connectivity index (χ0) is 23.1. The maximum Gasteiger partial charge on any atom is 0.261 e. The molecule has 0 saturated heterocycles. The zero-order valence-electron chi connectivity index (χ0n) is 17.5. The van der Waals surface area contributed by atoms with Gasteiger partial charge in [0.15, 0.2) is 5.16 Å². The highest BCUT2D eigenvalue weighted by Gasteiger charge is 2.34. The second kappa shape index (κ2) is 9.40. The van der Waals surface area contributed by atoms with Gasteiger partial charge in [-0.1, -0.05) is 61.1 Å². The molecule has 1 aliphatic heterocycles. The average molecular weight is 493 g/mol. The van der Waals surface area contributed by atoms with Crippen molar-refractivity contribution in [1.82, 2.24) is 19.4 Å². The van der Waals surface area contributed by atoms with Crippen LogP contribution >= 0.6 is 23.4 Å². The van der Waals surface area contributed by atoms with Gasteiger partial charge in [-0.15, -0.1) is 0 Å². The number of nitrogens with zero attached hydrogens (tertiary/aromatic N) is 4. The summed E-state index contributed by atoms with van der Waals surface area (Å²) in [5.74, 6) is -0.732. The Bertz CT molecular complexity index is 1470. The van der Waals surface area contributed by atoms with Crippen molar-refractivity contribution in [2.45, 2.75) is 19.1 Å². The van der Waals surface area contributed by atoms with Crippen molar-refractivity contribution >= 4 is 46.2 Å². The molecular weight excluding hydrogens is 472 g/mol. The average Bonchev–Trinajstić information content (AvgIpc) is 3.08. The third-order valence-electron chi connectivity index (χ3n) is 5.58. The summed E-state index contributed by atoms with van der Waals surface area (Å²) in [6.07, 6.45) is 3.51. The largest absolute Gasteiger partial charge is 0.290 e. The maximum absolute atomic E-state index is 13.6. The normalized spacial score (nSPS) is 12.7. The van der Waals surface area contributed by atoms with E-state index >= 15 is 0 Å². The van der Waals surface area contributed by atoms with Crippen LogP contribution in [-0.2, 0) is 6.54 Å². The number of thioether (sulfide) groups is 1. The monoisotopic (exact) mass is 492 g/mol. The minimum atomic E-state index is -0.366. The van der Waals surface area contributed by atoms with E-state index in [1.807, 2.05) is 6.26 Å². The number of amides is 2.